The topological polar surface area (TPSA) is 44.9 Å². The Kier molecular flexibility index (Phi) is 3.51. The van der Waals surface area contributed by atoms with Gasteiger partial charge in [-0.25, -0.2) is 0 Å². The minimum absolute atomic E-state index is 0.181. The van der Waals surface area contributed by atoms with E-state index in [1.807, 2.05) is 36.4 Å². The second-order valence-corrected chi connectivity index (χ2v) is 5.73. The van der Waals surface area contributed by atoms with Crippen LogP contribution < -0.4 is 5.32 Å². The van der Waals surface area contributed by atoms with E-state index < -0.39 is 0 Å². The van der Waals surface area contributed by atoms with E-state index in [0.717, 1.165) is 21.1 Å². The minimum Gasteiger partial charge on any atom is -0.351 e. The van der Waals surface area contributed by atoms with Crippen LogP contribution >= 0.6 is 27.5 Å². The van der Waals surface area contributed by atoms with Gasteiger partial charge in [-0.2, -0.15) is 0 Å². The second-order valence-electron chi connectivity index (χ2n) is 4.38. The van der Waals surface area contributed by atoms with Gasteiger partial charge in [-0.05, 0) is 48.5 Å². The highest BCUT2D eigenvalue weighted by atomic mass is 79.9. The summed E-state index contributed by atoms with van der Waals surface area (Å²) in [7, 11) is 0. The van der Waals surface area contributed by atoms with Crippen LogP contribution in [0.5, 0.6) is 0 Å². The lowest BCUT2D eigenvalue weighted by molar-refractivity contribution is 0.102. The maximum Gasteiger partial charge on any atom is 0.272 e. The number of aromatic nitrogens is 1. The van der Waals surface area contributed by atoms with Gasteiger partial charge in [0.05, 0.1) is 0 Å². The Morgan fingerprint density at radius 2 is 1.85 bits per heavy atom. The molecule has 5 heteroatoms. The lowest BCUT2D eigenvalue weighted by atomic mass is 10.2. The summed E-state index contributed by atoms with van der Waals surface area (Å²) in [5, 5.41) is 4.40. The molecule has 0 radical (unpaired) electrons. The van der Waals surface area contributed by atoms with Crippen molar-refractivity contribution in [2.75, 3.05) is 5.32 Å². The Balaban J connectivity index is 1.86. The van der Waals surface area contributed by atoms with Gasteiger partial charge in [0.25, 0.3) is 5.91 Å². The van der Waals surface area contributed by atoms with Gasteiger partial charge in [0, 0.05) is 26.1 Å². The molecule has 0 fully saturated rings. The summed E-state index contributed by atoms with van der Waals surface area (Å²) < 4.78 is 0.968. The van der Waals surface area contributed by atoms with Gasteiger partial charge in [0.2, 0.25) is 0 Å². The highest BCUT2D eigenvalue weighted by molar-refractivity contribution is 9.10. The smallest absolute Gasteiger partial charge is 0.272 e. The Morgan fingerprint density at radius 3 is 2.60 bits per heavy atom. The molecule has 0 atom stereocenters. The molecule has 0 spiro atoms. The van der Waals surface area contributed by atoms with Crippen molar-refractivity contribution in [3.8, 4) is 0 Å². The molecule has 2 N–H and O–H groups in total. The number of nitrogens with one attached hydrogen (secondary N) is 2. The number of fused-ring (bicyclic) bond motifs is 1. The first-order valence-electron chi connectivity index (χ1n) is 5.97. The molecule has 0 bridgehead atoms. The van der Waals surface area contributed by atoms with Gasteiger partial charge in [0.15, 0.2) is 0 Å². The van der Waals surface area contributed by atoms with Crippen LogP contribution in [0.15, 0.2) is 53.0 Å². The molecule has 1 heterocycles. The van der Waals surface area contributed by atoms with Crippen molar-refractivity contribution in [2.24, 2.45) is 0 Å². The van der Waals surface area contributed by atoms with E-state index in [-0.39, 0.29) is 5.91 Å². The Morgan fingerprint density at radius 1 is 1.10 bits per heavy atom. The number of amides is 1. The van der Waals surface area contributed by atoms with E-state index in [1.165, 1.54) is 0 Å². The van der Waals surface area contributed by atoms with E-state index >= 15 is 0 Å². The normalized spacial score (nSPS) is 10.7. The van der Waals surface area contributed by atoms with Crippen LogP contribution in [0.25, 0.3) is 10.9 Å². The summed E-state index contributed by atoms with van der Waals surface area (Å²) in [6, 6.07) is 14.7. The van der Waals surface area contributed by atoms with Crippen LogP contribution in [0.2, 0.25) is 5.02 Å². The van der Waals surface area contributed by atoms with Gasteiger partial charge < -0.3 is 10.3 Å². The third-order valence-electron chi connectivity index (χ3n) is 2.93. The van der Waals surface area contributed by atoms with Crippen LogP contribution in [-0.2, 0) is 0 Å². The van der Waals surface area contributed by atoms with E-state index in [2.05, 4.69) is 26.2 Å². The number of hydrogen-bond donors (Lipinski definition) is 2. The number of H-pyrrole nitrogens is 1. The molecule has 20 heavy (non-hydrogen) atoms. The molecule has 0 aliphatic carbocycles. The summed E-state index contributed by atoms with van der Waals surface area (Å²) in [5.74, 6) is -0.181. The van der Waals surface area contributed by atoms with Crippen LogP contribution in [-0.4, -0.2) is 10.9 Å². The van der Waals surface area contributed by atoms with E-state index in [0.29, 0.717) is 10.7 Å². The van der Waals surface area contributed by atoms with Crippen LogP contribution in [0.1, 0.15) is 10.5 Å². The maximum absolute atomic E-state index is 12.2. The Hall–Kier alpha value is -1.78. The third kappa shape index (κ3) is 2.71. The predicted octanol–water partition coefficient (Wildman–Crippen LogP) is 4.84. The lowest BCUT2D eigenvalue weighted by Crippen LogP contribution is -2.11. The number of hydrogen-bond acceptors (Lipinski definition) is 1. The van der Waals surface area contributed by atoms with Crippen molar-refractivity contribution in [1.29, 1.82) is 0 Å². The van der Waals surface area contributed by atoms with Gasteiger partial charge in [-0.15, -0.1) is 0 Å². The van der Waals surface area contributed by atoms with Crippen molar-refractivity contribution in [3.05, 3.63) is 63.7 Å². The molecule has 3 rings (SSSR count). The average Bonchev–Trinajstić information content (AvgIpc) is 2.84. The molecule has 3 nitrogen and oxygen atoms in total. The molecular weight excluding hydrogens is 340 g/mol. The van der Waals surface area contributed by atoms with Gasteiger partial charge in [-0.3, -0.25) is 4.79 Å². The zero-order chi connectivity index (χ0) is 14.1. The number of aromatic amines is 1. The molecule has 2 aromatic carbocycles. The Labute approximate surface area is 129 Å². The highest BCUT2D eigenvalue weighted by Crippen LogP contribution is 2.21. The van der Waals surface area contributed by atoms with Crippen molar-refractivity contribution >= 4 is 50.0 Å². The van der Waals surface area contributed by atoms with E-state index in [9.17, 15) is 4.79 Å². The summed E-state index contributed by atoms with van der Waals surface area (Å²) >= 11 is 9.29. The van der Waals surface area contributed by atoms with Crippen molar-refractivity contribution in [2.45, 2.75) is 0 Å². The molecule has 1 amide bonds. The molecule has 1 aromatic heterocycles. The zero-order valence-electron chi connectivity index (χ0n) is 10.3. The summed E-state index contributed by atoms with van der Waals surface area (Å²) in [5.41, 5.74) is 2.13. The van der Waals surface area contributed by atoms with Gasteiger partial charge in [0.1, 0.15) is 5.69 Å². The molecule has 0 aliphatic heterocycles. The fraction of sp³-hybridized carbons (Fsp3) is 0. The van der Waals surface area contributed by atoms with E-state index in [1.54, 1.807) is 12.1 Å². The summed E-state index contributed by atoms with van der Waals surface area (Å²) in [4.78, 5) is 15.2. The molecule has 0 aliphatic rings. The summed E-state index contributed by atoms with van der Waals surface area (Å²) in [6.07, 6.45) is 0. The number of halogens is 2. The molecule has 0 saturated carbocycles. The van der Waals surface area contributed by atoms with Crippen LogP contribution in [0.3, 0.4) is 0 Å². The zero-order valence-corrected chi connectivity index (χ0v) is 12.6. The fourth-order valence-corrected chi connectivity index (χ4v) is 2.40. The van der Waals surface area contributed by atoms with Gasteiger partial charge in [-0.1, -0.05) is 27.5 Å². The standard InChI is InChI=1S/C15H10BrClN2O/c16-10-1-4-12(5-2-10)18-15(20)14-8-9-7-11(17)3-6-13(9)19-14/h1-8,19H,(H,18,20). The van der Waals surface area contributed by atoms with Crippen LogP contribution in [0, 0.1) is 0 Å². The maximum atomic E-state index is 12.2. The molecule has 3 aromatic rings. The first kappa shape index (κ1) is 13.2. The Bertz CT molecular complexity index is 780. The lowest BCUT2D eigenvalue weighted by Gasteiger charge is -2.03. The number of benzene rings is 2. The number of carbonyl (C=O) groups excluding carboxylic acids is 1. The predicted molar refractivity (Wildman–Crippen MR) is 85.4 cm³/mol. The largest absolute Gasteiger partial charge is 0.351 e. The van der Waals surface area contributed by atoms with Crippen molar-refractivity contribution in [3.63, 3.8) is 0 Å². The minimum atomic E-state index is -0.181. The SMILES string of the molecule is O=C(Nc1ccc(Br)cc1)c1cc2cc(Cl)ccc2[nH]1. The second kappa shape index (κ2) is 5.31. The van der Waals surface area contributed by atoms with Crippen LogP contribution in [0.4, 0.5) is 5.69 Å². The first-order valence-corrected chi connectivity index (χ1v) is 7.14. The van der Waals surface area contributed by atoms with Gasteiger partial charge >= 0.3 is 0 Å². The number of carbonyl (C=O) groups is 1. The molecule has 0 unspecified atom stereocenters. The van der Waals surface area contributed by atoms with Crippen molar-refractivity contribution in [1.82, 2.24) is 4.98 Å². The summed E-state index contributed by atoms with van der Waals surface area (Å²) in [6.45, 7) is 0. The molecular formula is C15H10BrClN2O. The number of rotatable bonds is 2. The van der Waals surface area contributed by atoms with Crippen molar-refractivity contribution < 1.29 is 4.79 Å². The number of anilines is 1. The quantitative estimate of drug-likeness (QED) is 0.683. The fourth-order valence-electron chi connectivity index (χ4n) is 1.96. The molecule has 100 valence electrons. The monoisotopic (exact) mass is 348 g/mol. The molecule has 0 saturated heterocycles. The highest BCUT2D eigenvalue weighted by Gasteiger charge is 2.10. The first-order chi connectivity index (χ1) is 9.61. The van der Waals surface area contributed by atoms with E-state index in [4.69, 9.17) is 11.6 Å². The average molecular weight is 350 g/mol. The third-order valence-corrected chi connectivity index (χ3v) is 3.69.